The first kappa shape index (κ1) is 28.9. The molecule has 2 aromatic rings. The number of aliphatic hydroxyl groups is 3. The van der Waals surface area contributed by atoms with Crippen LogP contribution in [0.2, 0.25) is 0 Å². The van der Waals surface area contributed by atoms with E-state index in [1.54, 1.807) is 6.92 Å². The normalized spacial score (nSPS) is 29.4. The molecule has 13 heteroatoms. The molecule has 1 fully saturated rings. The van der Waals surface area contributed by atoms with Crippen LogP contribution < -0.4 is 15.9 Å². The molecule has 13 nitrogen and oxygen atoms in total. The van der Waals surface area contributed by atoms with Gasteiger partial charge in [-0.05, 0) is 13.0 Å². The van der Waals surface area contributed by atoms with E-state index in [4.69, 9.17) is 19.9 Å². The van der Waals surface area contributed by atoms with Crippen molar-refractivity contribution in [2.45, 2.75) is 62.4 Å². The van der Waals surface area contributed by atoms with Gasteiger partial charge in [0.25, 0.3) is 0 Å². The van der Waals surface area contributed by atoms with Crippen molar-refractivity contribution in [1.82, 2.24) is 5.43 Å². The summed E-state index contributed by atoms with van der Waals surface area (Å²) in [5, 5.41) is 59.1. The van der Waals surface area contributed by atoms with Crippen LogP contribution in [0.3, 0.4) is 0 Å². The fraction of sp³-hybridized carbons (Fsp3) is 0.464. The number of ether oxygens (including phenoxy) is 3. The summed E-state index contributed by atoms with van der Waals surface area (Å²) in [6, 6.07) is 3.76. The lowest BCUT2D eigenvalue weighted by atomic mass is 9.71. The number of methoxy groups -OCH3 is 1. The van der Waals surface area contributed by atoms with Gasteiger partial charge in [-0.1, -0.05) is 12.1 Å². The van der Waals surface area contributed by atoms with Gasteiger partial charge in [0.05, 0.1) is 54.4 Å². The number of fused-ring (bicyclic) bond motifs is 3. The summed E-state index contributed by atoms with van der Waals surface area (Å²) in [6.07, 6.45) is -4.46. The third-order valence-corrected chi connectivity index (χ3v) is 8.08. The molecule has 41 heavy (non-hydrogen) atoms. The number of rotatable bonds is 6. The molecule has 5 rings (SSSR count). The molecule has 0 saturated carbocycles. The van der Waals surface area contributed by atoms with Crippen LogP contribution in [0, 0.1) is 0 Å². The molecule has 6 unspecified atom stereocenters. The van der Waals surface area contributed by atoms with Crippen LogP contribution >= 0.6 is 0 Å². The van der Waals surface area contributed by atoms with Gasteiger partial charge in [-0.3, -0.25) is 9.59 Å². The second-order valence-corrected chi connectivity index (χ2v) is 10.5. The highest BCUT2D eigenvalue weighted by molar-refractivity contribution is 6.31. The lowest BCUT2D eigenvalue weighted by Crippen LogP contribution is -2.53. The van der Waals surface area contributed by atoms with E-state index in [1.165, 1.54) is 32.4 Å². The Labute approximate surface area is 235 Å². The van der Waals surface area contributed by atoms with Gasteiger partial charge in [0.2, 0.25) is 5.78 Å². The first-order valence-electron chi connectivity index (χ1n) is 13.2. The van der Waals surface area contributed by atoms with E-state index < -0.39 is 77.0 Å². The minimum atomic E-state index is -1.90. The second-order valence-electron chi connectivity index (χ2n) is 10.5. The predicted molar refractivity (Wildman–Crippen MR) is 143 cm³/mol. The maximum Gasteiger partial charge on any atom is 0.202 e. The number of benzene rings is 2. The van der Waals surface area contributed by atoms with Gasteiger partial charge < -0.3 is 50.9 Å². The fourth-order valence-electron chi connectivity index (χ4n) is 6.03. The summed E-state index contributed by atoms with van der Waals surface area (Å²) in [6.45, 7) is 0.957. The summed E-state index contributed by atoms with van der Waals surface area (Å²) in [5.74, 6) is -2.54. The largest absolute Gasteiger partial charge is 0.507 e. The summed E-state index contributed by atoms with van der Waals surface area (Å²) in [7, 11) is 2.82. The number of aromatic hydroxyl groups is 2. The Morgan fingerprint density at radius 1 is 1.20 bits per heavy atom. The summed E-state index contributed by atoms with van der Waals surface area (Å²) >= 11 is 0. The number of nitrogens with zero attached hydrogens (tertiary/aromatic N) is 1. The third-order valence-electron chi connectivity index (χ3n) is 8.08. The average molecular weight is 572 g/mol. The van der Waals surface area contributed by atoms with Crippen LogP contribution in [0.4, 0.5) is 0 Å². The molecule has 0 bridgehead atoms. The number of nitrogens with two attached hydrogens (primary N) is 1. The zero-order valence-electron chi connectivity index (χ0n) is 22.7. The number of nitrogens with one attached hydrogen (secondary N) is 1. The van der Waals surface area contributed by atoms with Crippen LogP contribution in [0.5, 0.6) is 17.2 Å². The van der Waals surface area contributed by atoms with Crippen LogP contribution in [0.25, 0.3) is 0 Å². The van der Waals surface area contributed by atoms with Crippen molar-refractivity contribution in [3.05, 3.63) is 51.6 Å². The highest BCUT2D eigenvalue weighted by Gasteiger charge is 2.49. The number of aliphatic hydroxyl groups excluding tert-OH is 2. The number of hydrogen-bond donors (Lipinski definition) is 7. The van der Waals surface area contributed by atoms with E-state index in [2.05, 4.69) is 10.5 Å². The molecule has 220 valence electrons. The topological polar surface area (TPSA) is 213 Å². The molecule has 1 saturated heterocycles. The molecular formula is C28H33N3O10. The summed E-state index contributed by atoms with van der Waals surface area (Å²) < 4.78 is 17.3. The Hall–Kier alpha value is -3.59. The van der Waals surface area contributed by atoms with Gasteiger partial charge in [-0.25, -0.2) is 0 Å². The minimum Gasteiger partial charge on any atom is -0.507 e. The zero-order valence-corrected chi connectivity index (χ0v) is 22.7. The molecular weight excluding hydrogens is 538 g/mol. The van der Waals surface area contributed by atoms with E-state index in [-0.39, 0.29) is 53.0 Å². The standard InChI is InChI=1S/C28H33N3O10/c1-11-23(33)14(29)7-18(40-11)41-16-9-28(38,17(10-32)31-30-2)8-13-20(16)27(37)22-21(25(13)35)24(34)12-5-4-6-15(39-3)19(12)26(22)36/h4-6,11,14,16,18,23,30,32-33,35,37-38H,7-10,29H2,1-3H3/b31-17-. The van der Waals surface area contributed by atoms with Crippen molar-refractivity contribution in [2.75, 3.05) is 20.8 Å². The Balaban J connectivity index is 1.70. The number of carbonyl (C=O) groups excluding carboxylic acids is 2. The quantitative estimate of drug-likeness (QED) is 0.118. The SMILES string of the molecule is CN/N=C(/CO)C1(O)Cc2c(O)c3c(c(O)c2C(OC2CC(N)C(O)C(C)O2)C1)C(=O)c1c(OC)cccc1C3=O. The molecule has 0 radical (unpaired) electrons. The van der Waals surface area contributed by atoms with Crippen molar-refractivity contribution < 1.29 is 49.3 Å². The van der Waals surface area contributed by atoms with Gasteiger partial charge in [0.1, 0.15) is 22.8 Å². The predicted octanol–water partition coefficient (Wildman–Crippen LogP) is 0.00760. The molecule has 0 amide bonds. The highest BCUT2D eigenvalue weighted by Crippen LogP contribution is 2.52. The van der Waals surface area contributed by atoms with Gasteiger partial charge in [0, 0.05) is 49.0 Å². The monoisotopic (exact) mass is 571 g/mol. The minimum absolute atomic E-state index is 0.0136. The number of carbonyl (C=O) groups is 2. The summed E-state index contributed by atoms with van der Waals surface area (Å²) in [5.41, 5.74) is 5.62. The van der Waals surface area contributed by atoms with Crippen LogP contribution in [-0.2, 0) is 15.9 Å². The fourth-order valence-corrected chi connectivity index (χ4v) is 6.03. The van der Waals surface area contributed by atoms with Crippen molar-refractivity contribution in [3.63, 3.8) is 0 Å². The van der Waals surface area contributed by atoms with Crippen molar-refractivity contribution >= 4 is 17.3 Å². The number of hydrogen-bond acceptors (Lipinski definition) is 13. The van der Waals surface area contributed by atoms with Crippen molar-refractivity contribution in [1.29, 1.82) is 0 Å². The third kappa shape index (κ3) is 4.54. The maximum atomic E-state index is 13.8. The van der Waals surface area contributed by atoms with E-state index in [0.29, 0.717) is 0 Å². The first-order valence-corrected chi connectivity index (χ1v) is 13.2. The highest BCUT2D eigenvalue weighted by atomic mass is 16.7. The second kappa shape index (κ2) is 10.7. The number of hydrazone groups is 1. The van der Waals surface area contributed by atoms with Crippen LogP contribution in [-0.4, -0.2) is 93.7 Å². The molecule has 3 aliphatic rings. The molecule has 6 atom stereocenters. The number of ketones is 2. The van der Waals surface area contributed by atoms with Crippen molar-refractivity contribution in [2.24, 2.45) is 10.8 Å². The molecule has 0 spiro atoms. The Bertz CT molecular complexity index is 1430. The molecule has 2 aliphatic carbocycles. The lowest BCUT2D eigenvalue weighted by molar-refractivity contribution is -0.245. The molecule has 2 aromatic carbocycles. The smallest absolute Gasteiger partial charge is 0.202 e. The first-order chi connectivity index (χ1) is 19.5. The number of phenols is 2. The van der Waals surface area contributed by atoms with Crippen molar-refractivity contribution in [3.8, 4) is 17.2 Å². The molecule has 0 aromatic heterocycles. The Kier molecular flexibility index (Phi) is 7.53. The molecule has 1 heterocycles. The molecule has 8 N–H and O–H groups in total. The van der Waals surface area contributed by atoms with Crippen LogP contribution in [0.15, 0.2) is 23.3 Å². The lowest BCUT2D eigenvalue weighted by Gasteiger charge is -2.43. The van der Waals surface area contributed by atoms with Gasteiger partial charge in [-0.2, -0.15) is 5.10 Å². The Morgan fingerprint density at radius 2 is 1.90 bits per heavy atom. The van der Waals surface area contributed by atoms with E-state index in [1.807, 2.05) is 0 Å². The van der Waals surface area contributed by atoms with E-state index >= 15 is 0 Å². The van der Waals surface area contributed by atoms with Gasteiger partial charge >= 0.3 is 0 Å². The summed E-state index contributed by atoms with van der Waals surface area (Å²) in [4.78, 5) is 27.4. The van der Waals surface area contributed by atoms with Gasteiger partial charge in [-0.15, -0.1) is 0 Å². The van der Waals surface area contributed by atoms with E-state index in [0.717, 1.165) is 0 Å². The Morgan fingerprint density at radius 3 is 2.54 bits per heavy atom. The van der Waals surface area contributed by atoms with E-state index in [9.17, 15) is 35.1 Å². The number of phenolic OH excluding ortho intramolecular Hbond substituents is 2. The zero-order chi connectivity index (χ0) is 29.8. The van der Waals surface area contributed by atoms with Crippen LogP contribution in [0.1, 0.15) is 68.8 Å². The average Bonchev–Trinajstić information content (AvgIpc) is 2.94. The van der Waals surface area contributed by atoms with Gasteiger partial charge in [0.15, 0.2) is 12.1 Å². The molecule has 1 aliphatic heterocycles. The maximum absolute atomic E-state index is 13.8.